The van der Waals surface area contributed by atoms with Gasteiger partial charge < -0.3 is 9.47 Å². The number of rotatable bonds is 8. The van der Waals surface area contributed by atoms with Crippen LogP contribution in [0.15, 0.2) is 11.6 Å². The summed E-state index contributed by atoms with van der Waals surface area (Å²) in [5.74, 6) is 2.64. The molecule has 0 bridgehead atoms. The lowest BCUT2D eigenvalue weighted by Crippen LogP contribution is -2.53. The SMILES string of the molecule is CC(=O)OC[C@H](C)CCC[C@@H](C)[C@H]1CC[C@H]2C3=CC(=O)[C@H]4C[C@@H](OC(C)=O)CC[C@]4(C)[C@H]3CC[C@]12C. The van der Waals surface area contributed by atoms with E-state index in [9.17, 15) is 14.4 Å². The van der Waals surface area contributed by atoms with Gasteiger partial charge in [-0.15, -0.1) is 0 Å². The molecule has 0 aromatic carbocycles. The second-order valence-corrected chi connectivity index (χ2v) is 13.3. The molecule has 4 rings (SSSR count). The van der Waals surface area contributed by atoms with Crippen molar-refractivity contribution in [3.63, 3.8) is 0 Å². The van der Waals surface area contributed by atoms with E-state index in [0.717, 1.165) is 19.3 Å². The summed E-state index contributed by atoms with van der Waals surface area (Å²) in [5.41, 5.74) is 1.74. The number of ketones is 1. The molecule has 0 aromatic heterocycles. The molecule has 9 atom stereocenters. The van der Waals surface area contributed by atoms with Crippen molar-refractivity contribution in [1.82, 2.24) is 0 Å². The van der Waals surface area contributed by atoms with Gasteiger partial charge in [-0.1, -0.05) is 46.1 Å². The number of carbonyl (C=O) groups excluding carboxylic acids is 3. The molecule has 202 valence electrons. The Morgan fingerprint density at radius 1 is 0.944 bits per heavy atom. The third kappa shape index (κ3) is 5.18. The van der Waals surface area contributed by atoms with Crippen LogP contribution in [0.1, 0.15) is 106 Å². The molecule has 0 heterocycles. The predicted octanol–water partition coefficient (Wildman–Crippen LogP) is 6.68. The predicted molar refractivity (Wildman–Crippen MR) is 140 cm³/mol. The van der Waals surface area contributed by atoms with E-state index in [1.165, 1.54) is 57.9 Å². The van der Waals surface area contributed by atoms with Crippen molar-refractivity contribution in [2.24, 2.45) is 46.3 Å². The number of esters is 2. The molecular weight excluding hydrogens is 452 g/mol. The first kappa shape index (κ1) is 27.4. The van der Waals surface area contributed by atoms with Gasteiger partial charge in [0.05, 0.1) is 6.61 Å². The molecule has 4 aliphatic carbocycles. The smallest absolute Gasteiger partial charge is 0.302 e. The second kappa shape index (κ2) is 10.6. The molecule has 0 radical (unpaired) electrons. The molecule has 4 aliphatic rings. The number of fused-ring (bicyclic) bond motifs is 5. The maximum atomic E-state index is 13.5. The van der Waals surface area contributed by atoms with Crippen LogP contribution in [0.2, 0.25) is 0 Å². The highest BCUT2D eigenvalue weighted by atomic mass is 16.5. The highest BCUT2D eigenvalue weighted by Crippen LogP contribution is 2.66. The van der Waals surface area contributed by atoms with Gasteiger partial charge in [0.2, 0.25) is 0 Å². The number of hydrogen-bond donors (Lipinski definition) is 0. The Bertz CT molecular complexity index is 891. The Hall–Kier alpha value is -1.65. The van der Waals surface area contributed by atoms with E-state index < -0.39 is 0 Å². The van der Waals surface area contributed by atoms with Gasteiger partial charge >= 0.3 is 11.9 Å². The molecule has 0 amide bonds. The normalized spacial score (nSPS) is 39.2. The zero-order valence-corrected chi connectivity index (χ0v) is 23.4. The number of carbonyl (C=O) groups is 3. The molecule has 0 aromatic rings. The average molecular weight is 501 g/mol. The maximum absolute atomic E-state index is 13.5. The summed E-state index contributed by atoms with van der Waals surface area (Å²) < 4.78 is 10.7. The van der Waals surface area contributed by atoms with Crippen LogP contribution in [0.25, 0.3) is 0 Å². The first-order valence-electron chi connectivity index (χ1n) is 14.5. The Morgan fingerprint density at radius 3 is 2.33 bits per heavy atom. The van der Waals surface area contributed by atoms with E-state index in [2.05, 4.69) is 33.8 Å². The molecule has 5 heteroatoms. The molecule has 0 N–H and O–H groups in total. The Labute approximate surface area is 218 Å². The van der Waals surface area contributed by atoms with E-state index in [1.54, 1.807) is 0 Å². The molecule has 5 nitrogen and oxygen atoms in total. The Morgan fingerprint density at radius 2 is 1.64 bits per heavy atom. The van der Waals surface area contributed by atoms with E-state index in [4.69, 9.17) is 9.47 Å². The third-order valence-corrected chi connectivity index (χ3v) is 10.9. The summed E-state index contributed by atoms with van der Waals surface area (Å²) >= 11 is 0. The summed E-state index contributed by atoms with van der Waals surface area (Å²) in [6.45, 7) is 13.0. The first-order valence-corrected chi connectivity index (χ1v) is 14.5. The zero-order chi connectivity index (χ0) is 26.3. The Kier molecular flexibility index (Phi) is 8.07. The average Bonchev–Trinajstić information content (AvgIpc) is 3.16. The minimum atomic E-state index is -0.235. The van der Waals surface area contributed by atoms with E-state index >= 15 is 0 Å². The first-order chi connectivity index (χ1) is 17.0. The van der Waals surface area contributed by atoms with Crippen molar-refractivity contribution in [1.29, 1.82) is 0 Å². The lowest BCUT2D eigenvalue weighted by atomic mass is 9.47. The number of hydrogen-bond acceptors (Lipinski definition) is 5. The van der Waals surface area contributed by atoms with Crippen molar-refractivity contribution in [3.8, 4) is 0 Å². The number of ether oxygens (including phenoxy) is 2. The van der Waals surface area contributed by atoms with E-state index in [1.807, 2.05) is 0 Å². The van der Waals surface area contributed by atoms with Crippen molar-refractivity contribution in [3.05, 3.63) is 11.6 Å². The third-order valence-electron chi connectivity index (χ3n) is 10.9. The van der Waals surface area contributed by atoms with Crippen LogP contribution in [0.4, 0.5) is 0 Å². The topological polar surface area (TPSA) is 69.7 Å². The quantitative estimate of drug-likeness (QED) is 0.348. The van der Waals surface area contributed by atoms with Crippen LogP contribution >= 0.6 is 0 Å². The van der Waals surface area contributed by atoms with E-state index in [0.29, 0.717) is 42.6 Å². The summed E-state index contributed by atoms with van der Waals surface area (Å²) in [6, 6.07) is 0. The summed E-state index contributed by atoms with van der Waals surface area (Å²) in [7, 11) is 0. The van der Waals surface area contributed by atoms with E-state index in [-0.39, 0.29) is 40.6 Å². The van der Waals surface area contributed by atoms with Gasteiger partial charge in [0, 0.05) is 19.8 Å². The summed E-state index contributed by atoms with van der Waals surface area (Å²) in [6.07, 6.45) is 12.9. The van der Waals surface area contributed by atoms with Crippen molar-refractivity contribution >= 4 is 17.7 Å². The fourth-order valence-corrected chi connectivity index (χ4v) is 8.98. The van der Waals surface area contributed by atoms with Crippen LogP contribution < -0.4 is 0 Å². The van der Waals surface area contributed by atoms with Gasteiger partial charge in [-0.25, -0.2) is 0 Å². The minimum Gasteiger partial charge on any atom is -0.466 e. The van der Waals surface area contributed by atoms with Gasteiger partial charge in [-0.3, -0.25) is 14.4 Å². The van der Waals surface area contributed by atoms with Crippen LogP contribution in [0.3, 0.4) is 0 Å². The number of allylic oxidation sites excluding steroid dienone is 2. The fraction of sp³-hybridized carbons (Fsp3) is 0.839. The monoisotopic (exact) mass is 500 g/mol. The van der Waals surface area contributed by atoms with Crippen molar-refractivity contribution in [2.45, 2.75) is 112 Å². The second-order valence-electron chi connectivity index (χ2n) is 13.3. The highest BCUT2D eigenvalue weighted by Gasteiger charge is 2.59. The summed E-state index contributed by atoms with van der Waals surface area (Å²) in [5, 5.41) is 0. The maximum Gasteiger partial charge on any atom is 0.302 e. The van der Waals surface area contributed by atoms with Crippen molar-refractivity contribution in [2.75, 3.05) is 6.61 Å². The lowest BCUT2D eigenvalue weighted by Gasteiger charge is -2.57. The zero-order valence-electron chi connectivity index (χ0n) is 23.4. The Balaban J connectivity index is 1.42. The van der Waals surface area contributed by atoms with Gasteiger partial charge in [-0.05, 0) is 97.9 Å². The van der Waals surface area contributed by atoms with Crippen LogP contribution in [-0.2, 0) is 23.9 Å². The molecule has 0 saturated heterocycles. The molecule has 3 fully saturated rings. The highest BCUT2D eigenvalue weighted by molar-refractivity contribution is 5.94. The largest absolute Gasteiger partial charge is 0.466 e. The molecular formula is C31H48O5. The van der Waals surface area contributed by atoms with Gasteiger partial charge in [0.1, 0.15) is 6.10 Å². The lowest BCUT2D eigenvalue weighted by molar-refractivity contribution is -0.155. The van der Waals surface area contributed by atoms with Gasteiger partial charge in [-0.2, -0.15) is 0 Å². The van der Waals surface area contributed by atoms with Crippen LogP contribution in [-0.4, -0.2) is 30.4 Å². The summed E-state index contributed by atoms with van der Waals surface area (Å²) in [4.78, 5) is 36.1. The minimum absolute atomic E-state index is 0.000922. The van der Waals surface area contributed by atoms with Gasteiger partial charge in [0.15, 0.2) is 5.78 Å². The molecule has 3 saturated carbocycles. The van der Waals surface area contributed by atoms with Gasteiger partial charge in [0.25, 0.3) is 0 Å². The van der Waals surface area contributed by atoms with Crippen LogP contribution in [0.5, 0.6) is 0 Å². The van der Waals surface area contributed by atoms with Crippen molar-refractivity contribution < 1.29 is 23.9 Å². The van der Waals surface area contributed by atoms with Crippen LogP contribution in [0, 0.1) is 46.3 Å². The standard InChI is InChI=1S/C31H48O5/c1-19(18-35-21(3)32)8-7-9-20(2)25-10-11-26-24-17-29(34)28-16-23(36-22(4)33)12-14-31(28,6)27(24)13-15-30(25,26)5/h17,19-20,23,25-28H,7-16,18H2,1-6H3/t19-,20-,23+,25-,26+,27+,28-,30-,31-/m1/s1. The molecule has 0 unspecified atom stereocenters. The molecule has 0 aliphatic heterocycles. The molecule has 36 heavy (non-hydrogen) atoms. The molecule has 0 spiro atoms. The fourth-order valence-electron chi connectivity index (χ4n) is 8.98.